The highest BCUT2D eigenvalue weighted by molar-refractivity contribution is 5.76. The number of ether oxygens (including phenoxy) is 1. The standard InChI is InChI=1S/C66H125NO5/c1-3-5-7-9-11-13-14-15-33-37-40-44-48-52-56-60-66(71)72-61-57-53-49-45-41-38-35-32-30-28-26-24-22-20-18-16-17-19-21-23-25-27-29-31-34-36-39-43-47-51-55-59-65(70)67-63(62-68)64(69)58-54-50-46-42-12-10-8-6-4-2/h15,18,20,24,26,33,63-64,68-69H,3-14,16-17,19,21-23,25,27-32,34-62H2,1-2H3,(H,67,70)/b20-18-,26-24-,33-15-. The summed E-state index contributed by atoms with van der Waals surface area (Å²) in [5.74, 6) is -0.0308. The average molecular weight is 1010 g/mol. The Morgan fingerprint density at radius 3 is 1.07 bits per heavy atom. The molecule has 0 aromatic rings. The summed E-state index contributed by atoms with van der Waals surface area (Å²) in [6.45, 7) is 4.93. The number of esters is 1. The number of hydrogen-bond donors (Lipinski definition) is 3. The molecule has 6 heteroatoms. The SMILES string of the molecule is CCCCCCCC/C=C\CCCCCCCC(=O)OCCCCCCCCCCC/C=C\C/C=C\CCCCCCCCCCCCCCCCCC(=O)NC(CO)C(O)CCCCCCCCCCC. The number of carbonyl (C=O) groups excluding carboxylic acids is 2. The van der Waals surface area contributed by atoms with E-state index in [2.05, 4.69) is 55.6 Å². The molecule has 6 nitrogen and oxygen atoms in total. The minimum absolute atomic E-state index is 0.00520. The van der Waals surface area contributed by atoms with Crippen LogP contribution in [-0.2, 0) is 14.3 Å². The third-order valence-corrected chi connectivity index (χ3v) is 14.9. The van der Waals surface area contributed by atoms with Crippen molar-refractivity contribution in [3.8, 4) is 0 Å². The first kappa shape index (κ1) is 70.1. The van der Waals surface area contributed by atoms with Crippen molar-refractivity contribution >= 4 is 11.9 Å². The van der Waals surface area contributed by atoms with Gasteiger partial charge in [-0.15, -0.1) is 0 Å². The van der Waals surface area contributed by atoms with Crippen LogP contribution in [-0.4, -0.2) is 47.4 Å². The van der Waals surface area contributed by atoms with Crippen LogP contribution in [0.15, 0.2) is 36.5 Å². The van der Waals surface area contributed by atoms with Gasteiger partial charge in [0.1, 0.15) is 0 Å². The van der Waals surface area contributed by atoms with E-state index in [1.54, 1.807) is 0 Å². The normalized spacial score (nSPS) is 12.8. The highest BCUT2D eigenvalue weighted by Gasteiger charge is 2.20. The van der Waals surface area contributed by atoms with Crippen LogP contribution >= 0.6 is 0 Å². The van der Waals surface area contributed by atoms with Crippen LogP contribution in [0.5, 0.6) is 0 Å². The molecule has 72 heavy (non-hydrogen) atoms. The van der Waals surface area contributed by atoms with Gasteiger partial charge in [0, 0.05) is 12.8 Å². The van der Waals surface area contributed by atoms with E-state index in [1.807, 2.05) is 0 Å². The molecular weight excluding hydrogens is 887 g/mol. The molecule has 3 N–H and O–H groups in total. The van der Waals surface area contributed by atoms with Crippen LogP contribution in [0.25, 0.3) is 0 Å². The molecule has 424 valence electrons. The third kappa shape index (κ3) is 57.4. The molecule has 0 spiro atoms. The van der Waals surface area contributed by atoms with Crippen molar-refractivity contribution in [3.05, 3.63) is 36.5 Å². The zero-order chi connectivity index (χ0) is 52.2. The molecule has 0 aliphatic heterocycles. The smallest absolute Gasteiger partial charge is 0.305 e. The molecule has 2 unspecified atom stereocenters. The van der Waals surface area contributed by atoms with Crippen LogP contribution in [0.3, 0.4) is 0 Å². The second-order valence-electron chi connectivity index (χ2n) is 22.1. The molecule has 0 aromatic carbocycles. The number of unbranched alkanes of at least 4 members (excludes halogenated alkanes) is 43. The molecule has 0 aliphatic rings. The molecule has 0 bridgehead atoms. The summed E-state index contributed by atoms with van der Waals surface area (Å²) < 4.78 is 5.48. The molecular formula is C66H125NO5. The van der Waals surface area contributed by atoms with E-state index in [9.17, 15) is 19.8 Å². The Morgan fingerprint density at radius 2 is 0.694 bits per heavy atom. The van der Waals surface area contributed by atoms with Crippen molar-refractivity contribution < 1.29 is 24.5 Å². The maximum atomic E-state index is 12.4. The number of aliphatic hydroxyl groups excluding tert-OH is 2. The predicted molar refractivity (Wildman–Crippen MR) is 315 cm³/mol. The first-order valence-electron chi connectivity index (χ1n) is 32.2. The van der Waals surface area contributed by atoms with E-state index in [1.165, 1.54) is 263 Å². The number of amides is 1. The molecule has 0 fully saturated rings. The van der Waals surface area contributed by atoms with E-state index in [-0.39, 0.29) is 18.5 Å². The maximum Gasteiger partial charge on any atom is 0.305 e. The quantitative estimate of drug-likeness (QED) is 0.0320. The molecule has 2 atom stereocenters. The summed E-state index contributed by atoms with van der Waals surface area (Å²) in [5, 5.41) is 23.1. The predicted octanol–water partition coefficient (Wildman–Crippen LogP) is 20.4. The van der Waals surface area contributed by atoms with Gasteiger partial charge in [0.05, 0.1) is 25.4 Å². The molecule has 0 saturated heterocycles. The van der Waals surface area contributed by atoms with Gasteiger partial charge in [0.2, 0.25) is 5.91 Å². The Balaban J connectivity index is 3.36. The van der Waals surface area contributed by atoms with Crippen LogP contribution in [0.1, 0.15) is 348 Å². The lowest BCUT2D eigenvalue weighted by Gasteiger charge is -2.22. The van der Waals surface area contributed by atoms with Crippen LogP contribution in [0, 0.1) is 0 Å². The lowest BCUT2D eigenvalue weighted by atomic mass is 10.0. The zero-order valence-corrected chi connectivity index (χ0v) is 48.4. The highest BCUT2D eigenvalue weighted by Crippen LogP contribution is 2.17. The first-order chi connectivity index (χ1) is 35.5. The molecule has 0 rings (SSSR count). The summed E-state index contributed by atoms with van der Waals surface area (Å²) in [7, 11) is 0. The molecule has 0 radical (unpaired) electrons. The number of hydrogen-bond acceptors (Lipinski definition) is 5. The second-order valence-corrected chi connectivity index (χ2v) is 22.1. The van der Waals surface area contributed by atoms with Gasteiger partial charge >= 0.3 is 5.97 Å². The Labute approximate surface area is 449 Å². The van der Waals surface area contributed by atoms with E-state index < -0.39 is 12.1 Å². The van der Waals surface area contributed by atoms with Gasteiger partial charge in [0.25, 0.3) is 0 Å². The van der Waals surface area contributed by atoms with Crippen molar-refractivity contribution in [3.63, 3.8) is 0 Å². The molecule has 0 heterocycles. The van der Waals surface area contributed by atoms with Crippen molar-refractivity contribution in [1.82, 2.24) is 5.32 Å². The Hall–Kier alpha value is -1.92. The topological polar surface area (TPSA) is 95.9 Å². The van der Waals surface area contributed by atoms with Gasteiger partial charge in [-0.3, -0.25) is 9.59 Å². The number of nitrogens with one attached hydrogen (secondary N) is 1. The molecule has 0 saturated carbocycles. The summed E-state index contributed by atoms with van der Waals surface area (Å²) in [5.41, 5.74) is 0. The van der Waals surface area contributed by atoms with Gasteiger partial charge in [-0.25, -0.2) is 0 Å². The average Bonchev–Trinajstić information content (AvgIpc) is 3.38. The second kappa shape index (κ2) is 61.6. The van der Waals surface area contributed by atoms with Gasteiger partial charge in [-0.2, -0.15) is 0 Å². The third-order valence-electron chi connectivity index (χ3n) is 14.9. The van der Waals surface area contributed by atoms with Crippen LogP contribution < -0.4 is 5.32 Å². The van der Waals surface area contributed by atoms with Crippen molar-refractivity contribution in [2.45, 2.75) is 360 Å². The van der Waals surface area contributed by atoms with Crippen molar-refractivity contribution in [2.75, 3.05) is 13.2 Å². The van der Waals surface area contributed by atoms with Crippen molar-refractivity contribution in [1.29, 1.82) is 0 Å². The Kier molecular flexibility index (Phi) is 60.0. The first-order valence-corrected chi connectivity index (χ1v) is 32.2. The zero-order valence-electron chi connectivity index (χ0n) is 48.4. The number of allylic oxidation sites excluding steroid dienone is 6. The number of aliphatic hydroxyl groups is 2. The van der Waals surface area contributed by atoms with Gasteiger partial charge in [-0.05, 0) is 83.5 Å². The van der Waals surface area contributed by atoms with Gasteiger partial charge in [0.15, 0.2) is 0 Å². The van der Waals surface area contributed by atoms with Crippen LogP contribution in [0.4, 0.5) is 0 Å². The molecule has 0 aliphatic carbocycles. The fraction of sp³-hybridized carbons (Fsp3) is 0.879. The van der Waals surface area contributed by atoms with E-state index in [4.69, 9.17) is 4.74 Å². The molecule has 1 amide bonds. The fourth-order valence-corrected chi connectivity index (χ4v) is 9.96. The number of rotatable bonds is 60. The summed E-state index contributed by atoms with van der Waals surface area (Å²) in [6.07, 6.45) is 77.6. The minimum Gasteiger partial charge on any atom is -0.466 e. The summed E-state index contributed by atoms with van der Waals surface area (Å²) >= 11 is 0. The monoisotopic (exact) mass is 1010 g/mol. The highest BCUT2D eigenvalue weighted by atomic mass is 16.5. The Morgan fingerprint density at radius 1 is 0.389 bits per heavy atom. The van der Waals surface area contributed by atoms with E-state index in [0.717, 1.165) is 51.4 Å². The number of carbonyl (C=O) groups is 2. The van der Waals surface area contributed by atoms with E-state index in [0.29, 0.717) is 25.9 Å². The minimum atomic E-state index is -0.661. The Bertz CT molecular complexity index is 1170. The maximum absolute atomic E-state index is 12.4. The van der Waals surface area contributed by atoms with Crippen molar-refractivity contribution in [2.24, 2.45) is 0 Å². The van der Waals surface area contributed by atoms with E-state index >= 15 is 0 Å². The summed E-state index contributed by atoms with van der Waals surface area (Å²) in [6, 6.07) is -0.539. The lowest BCUT2D eigenvalue weighted by Crippen LogP contribution is -2.45. The fourth-order valence-electron chi connectivity index (χ4n) is 9.96. The van der Waals surface area contributed by atoms with Gasteiger partial charge in [-0.1, -0.05) is 288 Å². The lowest BCUT2D eigenvalue weighted by molar-refractivity contribution is -0.143. The molecule has 0 aromatic heterocycles. The largest absolute Gasteiger partial charge is 0.466 e. The van der Waals surface area contributed by atoms with Gasteiger partial charge < -0.3 is 20.3 Å². The summed E-state index contributed by atoms with van der Waals surface area (Å²) in [4.78, 5) is 24.5. The van der Waals surface area contributed by atoms with Crippen LogP contribution in [0.2, 0.25) is 0 Å².